The molecule has 8 heteroatoms. The molecule has 2 heterocycles. The van der Waals surface area contributed by atoms with Gasteiger partial charge in [0.05, 0.1) is 13.2 Å². The number of aromatic nitrogens is 2. The van der Waals surface area contributed by atoms with E-state index in [4.69, 9.17) is 9.47 Å². The summed E-state index contributed by atoms with van der Waals surface area (Å²) in [6.07, 6.45) is 1.96. The summed E-state index contributed by atoms with van der Waals surface area (Å²) in [5.41, 5.74) is 0.694. The minimum absolute atomic E-state index is 0.0501. The number of thiophene rings is 1. The van der Waals surface area contributed by atoms with Crippen LogP contribution in [0.1, 0.15) is 25.1 Å². The average Bonchev–Trinajstić information content (AvgIpc) is 3.05. The number of carbonyl (C=O) groups excluding carboxylic acids is 1. The van der Waals surface area contributed by atoms with Crippen LogP contribution in [0.5, 0.6) is 11.5 Å². The molecule has 0 unspecified atom stereocenters. The number of rotatable bonds is 9. The van der Waals surface area contributed by atoms with Crippen molar-refractivity contribution in [2.45, 2.75) is 32.2 Å². The lowest BCUT2D eigenvalue weighted by molar-refractivity contribution is -0.115. The largest absolute Gasteiger partial charge is 0.490 e. The highest BCUT2D eigenvalue weighted by Gasteiger charge is 2.11. The van der Waals surface area contributed by atoms with Gasteiger partial charge in [0, 0.05) is 34.2 Å². The first-order valence-corrected chi connectivity index (χ1v) is 10.9. The summed E-state index contributed by atoms with van der Waals surface area (Å²) < 4.78 is 11.1. The minimum atomic E-state index is -0.0501. The van der Waals surface area contributed by atoms with Crippen LogP contribution < -0.4 is 14.8 Å². The summed E-state index contributed by atoms with van der Waals surface area (Å²) in [6.45, 7) is 6.98. The monoisotopic (exact) mass is 417 g/mol. The fraction of sp³-hybridized carbons (Fsp3) is 0.350. The van der Waals surface area contributed by atoms with Crippen LogP contribution in [-0.2, 0) is 4.79 Å². The summed E-state index contributed by atoms with van der Waals surface area (Å²) in [4.78, 5) is 23.2. The Balaban J connectivity index is 1.57. The topological polar surface area (TPSA) is 73.3 Å². The first kappa shape index (κ1) is 20.4. The lowest BCUT2D eigenvalue weighted by Gasteiger charge is -2.13. The van der Waals surface area contributed by atoms with Gasteiger partial charge in [-0.25, -0.2) is 9.97 Å². The molecule has 0 aliphatic carbocycles. The molecule has 3 aromatic rings. The Morgan fingerprint density at radius 1 is 1.14 bits per heavy atom. The standard InChI is InChI=1S/C20H23N3O3S2/c1-4-25-16-7-6-14(11-17(16)26-5-2)23-18(24)8-9-27-19-15-10-13(3)28-20(15)22-12-21-19/h6-7,10-12H,4-5,8-9H2,1-3H3,(H,23,24). The predicted octanol–water partition coefficient (Wildman–Crippen LogP) is 4.92. The summed E-state index contributed by atoms with van der Waals surface area (Å²) in [5.74, 6) is 1.90. The third-order valence-electron chi connectivity index (χ3n) is 3.81. The molecule has 1 aromatic carbocycles. The molecule has 0 spiro atoms. The van der Waals surface area contributed by atoms with Gasteiger partial charge in [-0.05, 0) is 39.0 Å². The smallest absolute Gasteiger partial charge is 0.225 e. The third-order valence-corrected chi connectivity index (χ3v) is 5.78. The second-order valence-electron chi connectivity index (χ2n) is 5.93. The number of nitrogens with one attached hydrogen (secondary N) is 1. The maximum Gasteiger partial charge on any atom is 0.225 e. The highest BCUT2D eigenvalue weighted by molar-refractivity contribution is 7.99. The highest BCUT2D eigenvalue weighted by Crippen LogP contribution is 2.32. The molecular formula is C20H23N3O3S2. The highest BCUT2D eigenvalue weighted by atomic mass is 32.2. The first-order chi connectivity index (χ1) is 13.6. The zero-order valence-electron chi connectivity index (χ0n) is 16.2. The van der Waals surface area contributed by atoms with Gasteiger partial charge in [-0.1, -0.05) is 0 Å². The molecule has 1 N–H and O–H groups in total. The number of ether oxygens (including phenoxy) is 2. The van der Waals surface area contributed by atoms with E-state index >= 15 is 0 Å². The predicted molar refractivity (Wildman–Crippen MR) is 115 cm³/mol. The molecular weight excluding hydrogens is 394 g/mol. The number of thioether (sulfide) groups is 1. The molecule has 0 aliphatic rings. The van der Waals surface area contributed by atoms with Crippen molar-refractivity contribution in [1.82, 2.24) is 9.97 Å². The van der Waals surface area contributed by atoms with Crippen molar-refractivity contribution >= 4 is 44.9 Å². The van der Waals surface area contributed by atoms with Crippen LogP contribution in [0.3, 0.4) is 0 Å². The molecule has 0 bridgehead atoms. The molecule has 0 atom stereocenters. The Bertz CT molecular complexity index is 959. The van der Waals surface area contributed by atoms with Gasteiger partial charge < -0.3 is 14.8 Å². The summed E-state index contributed by atoms with van der Waals surface area (Å²) >= 11 is 3.22. The van der Waals surface area contributed by atoms with Gasteiger partial charge in [-0.15, -0.1) is 23.1 Å². The number of nitrogens with zero attached hydrogens (tertiary/aromatic N) is 2. The molecule has 0 fully saturated rings. The van der Waals surface area contributed by atoms with Gasteiger partial charge in [0.15, 0.2) is 11.5 Å². The number of carbonyl (C=O) groups is 1. The molecule has 28 heavy (non-hydrogen) atoms. The second-order valence-corrected chi connectivity index (χ2v) is 8.25. The van der Waals surface area contributed by atoms with E-state index in [2.05, 4.69) is 28.3 Å². The van der Waals surface area contributed by atoms with Crippen molar-refractivity contribution in [3.8, 4) is 11.5 Å². The number of fused-ring (bicyclic) bond motifs is 1. The minimum Gasteiger partial charge on any atom is -0.490 e. The van der Waals surface area contributed by atoms with Crippen molar-refractivity contribution in [2.75, 3.05) is 24.3 Å². The van der Waals surface area contributed by atoms with Crippen molar-refractivity contribution in [2.24, 2.45) is 0 Å². The first-order valence-electron chi connectivity index (χ1n) is 9.14. The second kappa shape index (κ2) is 9.75. The van der Waals surface area contributed by atoms with Crippen LogP contribution in [0.2, 0.25) is 0 Å². The van der Waals surface area contributed by atoms with E-state index in [1.54, 1.807) is 35.5 Å². The number of anilines is 1. The Morgan fingerprint density at radius 2 is 1.93 bits per heavy atom. The zero-order chi connectivity index (χ0) is 19.9. The number of benzene rings is 1. The Kier molecular flexibility index (Phi) is 7.11. The van der Waals surface area contributed by atoms with Gasteiger partial charge >= 0.3 is 0 Å². The third kappa shape index (κ3) is 5.14. The summed E-state index contributed by atoms with van der Waals surface area (Å²) in [5, 5.41) is 4.90. The normalized spacial score (nSPS) is 10.8. The van der Waals surface area contributed by atoms with E-state index in [1.807, 2.05) is 26.0 Å². The lowest BCUT2D eigenvalue weighted by Crippen LogP contribution is -2.12. The van der Waals surface area contributed by atoms with E-state index in [9.17, 15) is 4.79 Å². The fourth-order valence-electron chi connectivity index (χ4n) is 2.66. The summed E-state index contributed by atoms with van der Waals surface area (Å²) in [6, 6.07) is 7.52. The van der Waals surface area contributed by atoms with Gasteiger partial charge in [0.2, 0.25) is 5.91 Å². The van der Waals surface area contributed by atoms with Crippen molar-refractivity contribution in [3.63, 3.8) is 0 Å². The van der Waals surface area contributed by atoms with Crippen LogP contribution >= 0.6 is 23.1 Å². The average molecular weight is 418 g/mol. The molecule has 148 valence electrons. The maximum atomic E-state index is 12.3. The van der Waals surface area contributed by atoms with E-state index in [1.165, 1.54) is 4.88 Å². The Labute approximate surface area is 172 Å². The van der Waals surface area contributed by atoms with Crippen LogP contribution in [0, 0.1) is 6.92 Å². The molecule has 0 saturated heterocycles. The molecule has 6 nitrogen and oxygen atoms in total. The lowest BCUT2D eigenvalue weighted by atomic mass is 10.2. The zero-order valence-corrected chi connectivity index (χ0v) is 17.8. The number of hydrogen-bond donors (Lipinski definition) is 1. The molecule has 0 saturated carbocycles. The van der Waals surface area contributed by atoms with Crippen LogP contribution in [-0.4, -0.2) is 34.8 Å². The maximum absolute atomic E-state index is 12.3. The molecule has 1 amide bonds. The quantitative estimate of drug-likeness (QED) is 0.394. The van der Waals surface area contributed by atoms with Gasteiger partial charge in [-0.3, -0.25) is 4.79 Å². The Hall–Kier alpha value is -2.32. The van der Waals surface area contributed by atoms with Crippen LogP contribution in [0.15, 0.2) is 35.6 Å². The molecule has 0 radical (unpaired) electrons. The summed E-state index contributed by atoms with van der Waals surface area (Å²) in [7, 11) is 0. The van der Waals surface area contributed by atoms with E-state index in [0.717, 1.165) is 15.2 Å². The number of hydrogen-bond acceptors (Lipinski definition) is 7. The SMILES string of the molecule is CCOc1ccc(NC(=O)CCSc2ncnc3sc(C)cc23)cc1OCC. The van der Waals surface area contributed by atoms with Crippen LogP contribution in [0.4, 0.5) is 5.69 Å². The van der Waals surface area contributed by atoms with Gasteiger partial charge in [0.1, 0.15) is 16.2 Å². The van der Waals surface area contributed by atoms with Crippen molar-refractivity contribution in [3.05, 3.63) is 35.5 Å². The fourth-order valence-corrected chi connectivity index (χ4v) is 4.49. The molecule has 0 aliphatic heterocycles. The number of aryl methyl sites for hydroxylation is 1. The van der Waals surface area contributed by atoms with Crippen molar-refractivity contribution < 1.29 is 14.3 Å². The van der Waals surface area contributed by atoms with Gasteiger partial charge in [-0.2, -0.15) is 0 Å². The number of amides is 1. The van der Waals surface area contributed by atoms with Crippen molar-refractivity contribution in [1.29, 1.82) is 0 Å². The van der Waals surface area contributed by atoms with Crippen LogP contribution in [0.25, 0.3) is 10.2 Å². The van der Waals surface area contributed by atoms with E-state index < -0.39 is 0 Å². The molecule has 3 rings (SSSR count). The Morgan fingerprint density at radius 3 is 2.71 bits per heavy atom. The van der Waals surface area contributed by atoms with Gasteiger partial charge in [0.25, 0.3) is 0 Å². The molecule has 2 aromatic heterocycles. The van der Waals surface area contributed by atoms with E-state index in [0.29, 0.717) is 42.6 Å². The van der Waals surface area contributed by atoms with E-state index in [-0.39, 0.29) is 5.91 Å².